The Morgan fingerprint density at radius 3 is 2.58 bits per heavy atom. The predicted molar refractivity (Wildman–Crippen MR) is 106 cm³/mol. The zero-order valence-electron chi connectivity index (χ0n) is 17.0. The first-order valence-corrected chi connectivity index (χ1v) is 9.94. The van der Waals surface area contributed by atoms with Crippen LogP contribution in [-0.2, 0) is 9.47 Å². The number of aliphatic hydroxyl groups excluding tert-OH is 4. The molecule has 4 N–H and O–H groups in total. The number of para-hydroxylation sites is 1. The minimum Gasteiger partial charge on any atom is -0.456 e. The Kier molecular flexibility index (Phi) is 7.82. The average Bonchev–Trinajstić information content (AvgIpc) is 3.26. The summed E-state index contributed by atoms with van der Waals surface area (Å²) < 4.78 is 17.7. The molecule has 1 fully saturated rings. The number of hydrogen-bond donors (Lipinski definition) is 4. The van der Waals surface area contributed by atoms with Gasteiger partial charge in [-0.05, 0) is 18.6 Å². The Labute approximate surface area is 179 Å². The molecule has 31 heavy (non-hydrogen) atoms. The lowest BCUT2D eigenvalue weighted by Crippen LogP contribution is -2.60. The summed E-state index contributed by atoms with van der Waals surface area (Å²) in [5.74, 6) is 0.410. The second-order valence-corrected chi connectivity index (χ2v) is 7.03. The van der Waals surface area contributed by atoms with Crippen molar-refractivity contribution in [2.24, 2.45) is 0 Å². The molecular weight excluding hydrogens is 410 g/mol. The third-order valence-electron chi connectivity index (χ3n) is 4.79. The van der Waals surface area contributed by atoms with Gasteiger partial charge < -0.3 is 34.6 Å². The fraction of sp³-hybridized carbons (Fsp3) is 0.500. The van der Waals surface area contributed by atoms with Crippen molar-refractivity contribution >= 4 is 6.09 Å². The minimum atomic E-state index is -1.68. The molecule has 1 aromatic heterocycles. The molecule has 1 aromatic carbocycles. The first-order chi connectivity index (χ1) is 15.0. The van der Waals surface area contributed by atoms with E-state index in [4.69, 9.17) is 14.2 Å². The van der Waals surface area contributed by atoms with Gasteiger partial charge in [0.2, 0.25) is 12.2 Å². The highest BCUT2D eigenvalue weighted by Crippen LogP contribution is 2.23. The van der Waals surface area contributed by atoms with Gasteiger partial charge in [0.1, 0.15) is 24.4 Å². The van der Waals surface area contributed by atoms with Crippen molar-refractivity contribution in [3.05, 3.63) is 42.6 Å². The first kappa shape index (κ1) is 23.0. The van der Waals surface area contributed by atoms with Crippen LogP contribution >= 0.6 is 0 Å². The van der Waals surface area contributed by atoms with Crippen LogP contribution in [0.25, 0.3) is 5.69 Å². The number of carbonyl (C=O) groups is 1. The number of rotatable bonds is 8. The summed E-state index contributed by atoms with van der Waals surface area (Å²) in [6.45, 7) is 1.37. The van der Waals surface area contributed by atoms with E-state index in [1.165, 1.54) is 4.90 Å². The average molecular weight is 437 g/mol. The Balaban J connectivity index is 1.65. The van der Waals surface area contributed by atoms with Crippen molar-refractivity contribution in [3.8, 4) is 11.6 Å². The van der Waals surface area contributed by atoms with Gasteiger partial charge in [-0.25, -0.2) is 9.48 Å². The maximum atomic E-state index is 12.6. The summed E-state index contributed by atoms with van der Waals surface area (Å²) in [6, 6.07) is 11.0. The molecular formula is C20H27N3O8. The van der Waals surface area contributed by atoms with Crippen molar-refractivity contribution in [3.63, 3.8) is 0 Å². The Bertz CT molecular complexity index is 831. The summed E-state index contributed by atoms with van der Waals surface area (Å²) in [5, 5.41) is 43.3. The van der Waals surface area contributed by atoms with Crippen molar-refractivity contribution in [2.75, 3.05) is 19.9 Å². The van der Waals surface area contributed by atoms with E-state index in [-0.39, 0.29) is 13.3 Å². The summed E-state index contributed by atoms with van der Waals surface area (Å²) in [6.07, 6.45) is -6.26. The van der Waals surface area contributed by atoms with Crippen LogP contribution in [0.4, 0.5) is 4.79 Å². The summed E-state index contributed by atoms with van der Waals surface area (Å²) in [7, 11) is 0. The molecule has 5 atom stereocenters. The van der Waals surface area contributed by atoms with Crippen LogP contribution in [-0.4, -0.2) is 91.8 Å². The van der Waals surface area contributed by atoms with E-state index in [0.29, 0.717) is 12.3 Å². The second-order valence-electron chi connectivity index (χ2n) is 7.03. The zero-order valence-corrected chi connectivity index (χ0v) is 17.0. The Morgan fingerprint density at radius 1 is 1.16 bits per heavy atom. The zero-order chi connectivity index (χ0) is 22.4. The Hall–Kier alpha value is -2.70. The second kappa shape index (κ2) is 10.6. The SMILES string of the molecule is CCCN(COc1ccnn1-c1ccccc1)C(=O)O[C@@H]1O[C@H](CO)[C@@H](O)[C@H](O)[C@H]1O. The molecule has 11 nitrogen and oxygen atoms in total. The van der Waals surface area contributed by atoms with E-state index in [9.17, 15) is 25.2 Å². The van der Waals surface area contributed by atoms with Crippen molar-refractivity contribution in [1.82, 2.24) is 14.7 Å². The van der Waals surface area contributed by atoms with Gasteiger partial charge in [-0.15, -0.1) is 0 Å². The number of ether oxygens (including phenoxy) is 3. The molecule has 2 heterocycles. The summed E-state index contributed by atoms with van der Waals surface area (Å²) in [5.41, 5.74) is 0.786. The number of benzene rings is 1. The number of aromatic nitrogens is 2. The maximum Gasteiger partial charge on any atom is 0.414 e. The predicted octanol–water partition coefficient (Wildman–Crippen LogP) is -0.143. The summed E-state index contributed by atoms with van der Waals surface area (Å²) in [4.78, 5) is 13.9. The van der Waals surface area contributed by atoms with E-state index in [1.807, 2.05) is 37.3 Å². The van der Waals surface area contributed by atoms with Gasteiger partial charge in [0.05, 0.1) is 18.5 Å². The van der Waals surface area contributed by atoms with Gasteiger partial charge in [-0.3, -0.25) is 4.90 Å². The number of aliphatic hydroxyl groups is 4. The number of carbonyl (C=O) groups excluding carboxylic acids is 1. The molecule has 0 unspecified atom stereocenters. The van der Waals surface area contributed by atoms with Crippen LogP contribution in [0, 0.1) is 0 Å². The fourth-order valence-corrected chi connectivity index (χ4v) is 3.12. The van der Waals surface area contributed by atoms with Crippen LogP contribution in [0.5, 0.6) is 5.88 Å². The molecule has 3 rings (SSSR count). The highest BCUT2D eigenvalue weighted by molar-refractivity contribution is 5.67. The largest absolute Gasteiger partial charge is 0.456 e. The highest BCUT2D eigenvalue weighted by Gasteiger charge is 2.45. The fourth-order valence-electron chi connectivity index (χ4n) is 3.12. The van der Waals surface area contributed by atoms with Gasteiger partial charge in [0, 0.05) is 12.6 Å². The molecule has 0 radical (unpaired) electrons. The van der Waals surface area contributed by atoms with Crippen molar-refractivity contribution < 1.29 is 39.4 Å². The number of hydrogen-bond acceptors (Lipinski definition) is 9. The molecule has 1 saturated heterocycles. The molecule has 1 aliphatic rings. The van der Waals surface area contributed by atoms with E-state index in [0.717, 1.165) is 5.69 Å². The lowest BCUT2D eigenvalue weighted by Gasteiger charge is -2.39. The molecule has 170 valence electrons. The van der Waals surface area contributed by atoms with E-state index in [1.54, 1.807) is 16.9 Å². The van der Waals surface area contributed by atoms with Gasteiger partial charge in [0.25, 0.3) is 0 Å². The molecule has 0 spiro atoms. The highest BCUT2D eigenvalue weighted by atomic mass is 16.7. The van der Waals surface area contributed by atoms with E-state index in [2.05, 4.69) is 5.10 Å². The molecule has 11 heteroatoms. The van der Waals surface area contributed by atoms with Gasteiger partial charge in [-0.1, -0.05) is 25.1 Å². The summed E-state index contributed by atoms with van der Waals surface area (Å²) >= 11 is 0. The van der Waals surface area contributed by atoms with Crippen LogP contribution in [0.2, 0.25) is 0 Å². The molecule has 2 aromatic rings. The van der Waals surface area contributed by atoms with Gasteiger partial charge >= 0.3 is 6.09 Å². The molecule has 0 aliphatic carbocycles. The molecule has 1 aliphatic heterocycles. The first-order valence-electron chi connectivity index (χ1n) is 9.94. The molecule has 0 bridgehead atoms. The Morgan fingerprint density at radius 2 is 1.90 bits per heavy atom. The van der Waals surface area contributed by atoms with Crippen molar-refractivity contribution in [2.45, 2.75) is 44.1 Å². The quantitative estimate of drug-likeness (QED) is 0.414. The standard InChI is InChI=1S/C20H27N3O8/c1-2-10-22(12-29-15-8-9-21-23(15)13-6-4-3-5-7-13)20(28)31-19-18(27)17(26)16(25)14(11-24)30-19/h3-9,14,16-19,24-27H,2,10-12H2,1H3/t14-,16-,17+,18-,19+/m1/s1. The monoisotopic (exact) mass is 437 g/mol. The lowest BCUT2D eigenvalue weighted by atomic mass is 9.99. The van der Waals surface area contributed by atoms with E-state index >= 15 is 0 Å². The maximum absolute atomic E-state index is 12.6. The normalized spacial score (nSPS) is 25.8. The minimum absolute atomic E-state index is 0.164. The number of amides is 1. The van der Waals surface area contributed by atoms with Crippen LogP contribution in [0.1, 0.15) is 13.3 Å². The number of nitrogens with zero attached hydrogens (tertiary/aromatic N) is 3. The third kappa shape index (κ3) is 5.32. The smallest absolute Gasteiger partial charge is 0.414 e. The third-order valence-corrected chi connectivity index (χ3v) is 4.79. The van der Waals surface area contributed by atoms with Gasteiger partial charge in [-0.2, -0.15) is 5.10 Å². The van der Waals surface area contributed by atoms with Crippen molar-refractivity contribution in [1.29, 1.82) is 0 Å². The van der Waals surface area contributed by atoms with Crippen LogP contribution < -0.4 is 4.74 Å². The van der Waals surface area contributed by atoms with E-state index < -0.39 is 43.4 Å². The van der Waals surface area contributed by atoms with Crippen LogP contribution in [0.15, 0.2) is 42.6 Å². The topological polar surface area (TPSA) is 147 Å². The molecule has 1 amide bonds. The lowest BCUT2D eigenvalue weighted by molar-refractivity contribution is -0.286. The molecule has 0 saturated carbocycles. The van der Waals surface area contributed by atoms with Gasteiger partial charge in [0.15, 0.2) is 6.73 Å². The van der Waals surface area contributed by atoms with Crippen LogP contribution in [0.3, 0.4) is 0 Å².